The zero-order chi connectivity index (χ0) is 21.2. The van der Waals surface area contributed by atoms with E-state index < -0.39 is 11.7 Å². The molecule has 7 nitrogen and oxygen atoms in total. The summed E-state index contributed by atoms with van der Waals surface area (Å²) in [5.41, 5.74) is 1.00. The van der Waals surface area contributed by atoms with Gasteiger partial charge in [-0.25, -0.2) is 4.79 Å². The number of benzene rings is 1. The number of carbonyl (C=O) groups is 3. The van der Waals surface area contributed by atoms with Crippen molar-refractivity contribution in [2.24, 2.45) is 0 Å². The third-order valence-electron chi connectivity index (χ3n) is 4.87. The van der Waals surface area contributed by atoms with Gasteiger partial charge in [-0.05, 0) is 64.2 Å². The fourth-order valence-corrected chi connectivity index (χ4v) is 2.96. The SMILES string of the molecule is CN(CC(=O)N(Cc1ccc(C(=O)NC2CC2)cc1)C1CC1)C(=O)OC(C)(C)C. The molecule has 0 radical (unpaired) electrons. The molecule has 29 heavy (non-hydrogen) atoms. The molecule has 2 fully saturated rings. The third kappa shape index (κ3) is 6.48. The average Bonchev–Trinajstić information content (AvgIpc) is 3.53. The molecule has 0 saturated heterocycles. The van der Waals surface area contributed by atoms with Crippen LogP contribution < -0.4 is 5.32 Å². The monoisotopic (exact) mass is 401 g/mol. The summed E-state index contributed by atoms with van der Waals surface area (Å²) in [4.78, 5) is 40.2. The maximum atomic E-state index is 12.8. The maximum absolute atomic E-state index is 12.8. The van der Waals surface area contributed by atoms with Crippen LogP contribution in [0.15, 0.2) is 24.3 Å². The topological polar surface area (TPSA) is 79.0 Å². The van der Waals surface area contributed by atoms with Crippen LogP contribution in [0, 0.1) is 0 Å². The number of rotatable bonds is 7. The number of hydrogen-bond donors (Lipinski definition) is 1. The second-order valence-corrected chi connectivity index (χ2v) is 9.03. The molecule has 2 saturated carbocycles. The molecule has 0 aliphatic heterocycles. The summed E-state index contributed by atoms with van der Waals surface area (Å²) in [7, 11) is 1.57. The Hall–Kier alpha value is -2.57. The second-order valence-electron chi connectivity index (χ2n) is 9.03. The van der Waals surface area contributed by atoms with Gasteiger partial charge in [-0.1, -0.05) is 12.1 Å². The van der Waals surface area contributed by atoms with E-state index >= 15 is 0 Å². The van der Waals surface area contributed by atoms with Crippen LogP contribution in [0.3, 0.4) is 0 Å². The molecule has 1 N–H and O–H groups in total. The normalized spacial score (nSPS) is 16.1. The van der Waals surface area contributed by atoms with Crippen molar-refractivity contribution >= 4 is 17.9 Å². The minimum atomic E-state index is -0.599. The van der Waals surface area contributed by atoms with Gasteiger partial charge < -0.3 is 19.9 Å². The van der Waals surface area contributed by atoms with Gasteiger partial charge in [0.15, 0.2) is 0 Å². The Labute approximate surface area is 172 Å². The standard InChI is InChI=1S/C22H31N3O4/c1-22(2,3)29-21(28)24(4)14-19(26)25(18-11-12-18)13-15-5-7-16(8-6-15)20(27)23-17-9-10-17/h5-8,17-18H,9-14H2,1-4H3,(H,23,27). The molecule has 7 heteroatoms. The van der Waals surface area contributed by atoms with Crippen LogP contribution in [0.5, 0.6) is 0 Å². The van der Waals surface area contributed by atoms with E-state index in [1.807, 2.05) is 17.0 Å². The molecule has 0 aromatic heterocycles. The molecule has 3 amide bonds. The van der Waals surface area contributed by atoms with Crippen molar-refractivity contribution in [3.8, 4) is 0 Å². The number of amides is 3. The van der Waals surface area contributed by atoms with Gasteiger partial charge in [0, 0.05) is 31.2 Å². The van der Waals surface area contributed by atoms with Gasteiger partial charge in [0.2, 0.25) is 5.91 Å². The van der Waals surface area contributed by atoms with Crippen LogP contribution >= 0.6 is 0 Å². The lowest BCUT2D eigenvalue weighted by Gasteiger charge is -2.27. The van der Waals surface area contributed by atoms with Crippen LogP contribution in [-0.2, 0) is 16.1 Å². The zero-order valence-corrected chi connectivity index (χ0v) is 17.7. The smallest absolute Gasteiger partial charge is 0.410 e. The van der Waals surface area contributed by atoms with E-state index in [-0.39, 0.29) is 24.4 Å². The van der Waals surface area contributed by atoms with E-state index in [1.165, 1.54) is 4.90 Å². The van der Waals surface area contributed by atoms with E-state index in [2.05, 4.69) is 5.32 Å². The summed E-state index contributed by atoms with van der Waals surface area (Å²) in [5, 5.41) is 2.97. The van der Waals surface area contributed by atoms with E-state index in [0.717, 1.165) is 31.2 Å². The Morgan fingerprint density at radius 2 is 1.69 bits per heavy atom. The first-order valence-electron chi connectivity index (χ1n) is 10.3. The van der Waals surface area contributed by atoms with Crippen molar-refractivity contribution in [1.29, 1.82) is 0 Å². The molecule has 158 valence electrons. The number of hydrogen-bond acceptors (Lipinski definition) is 4. The second kappa shape index (κ2) is 8.43. The molecule has 0 heterocycles. The summed E-state index contributed by atoms with van der Waals surface area (Å²) in [6.07, 6.45) is 3.56. The molecule has 0 spiro atoms. The van der Waals surface area contributed by atoms with Crippen LogP contribution in [-0.4, -0.2) is 59.0 Å². The number of ether oxygens (including phenoxy) is 1. The zero-order valence-electron chi connectivity index (χ0n) is 17.7. The van der Waals surface area contributed by atoms with Crippen LogP contribution in [0.2, 0.25) is 0 Å². The fourth-order valence-electron chi connectivity index (χ4n) is 2.96. The first-order chi connectivity index (χ1) is 13.6. The minimum Gasteiger partial charge on any atom is -0.444 e. The lowest BCUT2D eigenvalue weighted by atomic mass is 10.1. The first kappa shape index (κ1) is 21.1. The van der Waals surface area contributed by atoms with Crippen molar-refractivity contribution < 1.29 is 19.1 Å². The molecule has 2 aliphatic rings. The van der Waals surface area contributed by atoms with Crippen LogP contribution in [0.25, 0.3) is 0 Å². The van der Waals surface area contributed by atoms with Gasteiger partial charge in [-0.15, -0.1) is 0 Å². The van der Waals surface area contributed by atoms with Crippen molar-refractivity contribution in [2.75, 3.05) is 13.6 Å². The Morgan fingerprint density at radius 3 is 2.21 bits per heavy atom. The van der Waals surface area contributed by atoms with Crippen molar-refractivity contribution in [3.63, 3.8) is 0 Å². The molecule has 0 atom stereocenters. The van der Waals surface area contributed by atoms with Crippen molar-refractivity contribution in [1.82, 2.24) is 15.1 Å². The fraction of sp³-hybridized carbons (Fsp3) is 0.591. The molecule has 0 bridgehead atoms. The molecular weight excluding hydrogens is 370 g/mol. The average molecular weight is 402 g/mol. The predicted octanol–water partition coefficient (Wildman–Crippen LogP) is 2.94. The van der Waals surface area contributed by atoms with Crippen LogP contribution in [0.1, 0.15) is 62.4 Å². The van der Waals surface area contributed by atoms with E-state index in [0.29, 0.717) is 18.2 Å². The maximum Gasteiger partial charge on any atom is 0.410 e. The highest BCUT2D eigenvalue weighted by Crippen LogP contribution is 2.29. The van der Waals surface area contributed by atoms with Crippen molar-refractivity contribution in [2.45, 2.75) is 70.7 Å². The number of nitrogens with zero attached hydrogens (tertiary/aromatic N) is 2. The third-order valence-corrected chi connectivity index (χ3v) is 4.87. The summed E-state index contributed by atoms with van der Waals surface area (Å²) in [6, 6.07) is 7.93. The molecule has 2 aliphatic carbocycles. The quantitative estimate of drug-likeness (QED) is 0.762. The predicted molar refractivity (Wildman–Crippen MR) is 109 cm³/mol. The highest BCUT2D eigenvalue weighted by Gasteiger charge is 2.34. The molecule has 0 unspecified atom stereocenters. The van der Waals surface area contributed by atoms with Gasteiger partial charge in [0.05, 0.1) is 0 Å². The summed E-state index contributed by atoms with van der Waals surface area (Å²) in [6.45, 7) is 5.84. The summed E-state index contributed by atoms with van der Waals surface area (Å²) >= 11 is 0. The number of likely N-dealkylation sites (N-methyl/N-ethyl adjacent to an activating group) is 1. The van der Waals surface area contributed by atoms with Gasteiger partial charge >= 0.3 is 6.09 Å². The van der Waals surface area contributed by atoms with Gasteiger partial charge in [0.1, 0.15) is 12.1 Å². The lowest BCUT2D eigenvalue weighted by Crippen LogP contribution is -2.43. The number of carbonyl (C=O) groups excluding carboxylic acids is 3. The highest BCUT2D eigenvalue weighted by atomic mass is 16.6. The van der Waals surface area contributed by atoms with Gasteiger partial charge in [0.25, 0.3) is 5.91 Å². The Balaban J connectivity index is 1.57. The van der Waals surface area contributed by atoms with Crippen molar-refractivity contribution in [3.05, 3.63) is 35.4 Å². The van der Waals surface area contributed by atoms with E-state index in [1.54, 1.807) is 40.0 Å². The summed E-state index contributed by atoms with van der Waals surface area (Å²) in [5.74, 6) is -0.149. The molecule has 1 aromatic carbocycles. The van der Waals surface area contributed by atoms with Crippen LogP contribution in [0.4, 0.5) is 4.79 Å². The van der Waals surface area contributed by atoms with E-state index in [4.69, 9.17) is 4.74 Å². The lowest BCUT2D eigenvalue weighted by molar-refractivity contribution is -0.133. The highest BCUT2D eigenvalue weighted by molar-refractivity contribution is 5.94. The number of nitrogens with one attached hydrogen (secondary N) is 1. The Morgan fingerprint density at radius 1 is 1.07 bits per heavy atom. The minimum absolute atomic E-state index is 0.0205. The molecule has 1 aromatic rings. The first-order valence-corrected chi connectivity index (χ1v) is 10.3. The Bertz CT molecular complexity index is 761. The summed E-state index contributed by atoms with van der Waals surface area (Å²) < 4.78 is 5.32. The van der Waals surface area contributed by atoms with Gasteiger partial charge in [-0.3, -0.25) is 9.59 Å². The van der Waals surface area contributed by atoms with Gasteiger partial charge in [-0.2, -0.15) is 0 Å². The Kier molecular flexibility index (Phi) is 6.15. The largest absolute Gasteiger partial charge is 0.444 e. The molecule has 3 rings (SSSR count). The molecular formula is C22H31N3O4. The van der Waals surface area contributed by atoms with E-state index in [9.17, 15) is 14.4 Å².